The van der Waals surface area contributed by atoms with Gasteiger partial charge >= 0.3 is 6.36 Å². The Kier molecular flexibility index (Phi) is 7.57. The first-order chi connectivity index (χ1) is 17.7. The minimum atomic E-state index is -4.74. The third-order valence-electron chi connectivity index (χ3n) is 4.67. The Labute approximate surface area is 214 Å². The quantitative estimate of drug-likeness (QED) is 0.210. The van der Waals surface area contributed by atoms with E-state index in [4.69, 9.17) is 12.2 Å². The van der Waals surface area contributed by atoms with Crippen LogP contribution in [-0.2, 0) is 0 Å². The van der Waals surface area contributed by atoms with E-state index < -0.39 is 6.36 Å². The molecule has 2 aromatic heterocycles. The van der Waals surface area contributed by atoms with Crippen molar-refractivity contribution in [1.29, 1.82) is 0 Å². The first-order valence-electron chi connectivity index (χ1n) is 10.6. The number of nitrogens with one attached hydrogen (secondary N) is 2. The minimum Gasteiger partial charge on any atom is -0.406 e. The molecule has 190 valence electrons. The van der Waals surface area contributed by atoms with E-state index in [1.807, 2.05) is 38.4 Å². The van der Waals surface area contributed by atoms with Crippen LogP contribution in [0.3, 0.4) is 0 Å². The minimum absolute atomic E-state index is 0.279. The van der Waals surface area contributed by atoms with E-state index in [-0.39, 0.29) is 10.9 Å². The van der Waals surface area contributed by atoms with Gasteiger partial charge in [-0.3, -0.25) is 5.43 Å². The molecule has 0 aliphatic carbocycles. The summed E-state index contributed by atoms with van der Waals surface area (Å²) in [7, 11) is 3.70. The number of nitrogens with zero attached hydrogens (tertiary/aromatic N) is 7. The lowest BCUT2D eigenvalue weighted by Crippen LogP contribution is -2.24. The van der Waals surface area contributed by atoms with Crippen molar-refractivity contribution in [2.45, 2.75) is 6.36 Å². The van der Waals surface area contributed by atoms with Gasteiger partial charge in [0, 0.05) is 19.7 Å². The van der Waals surface area contributed by atoms with Crippen LogP contribution in [0.4, 0.5) is 24.8 Å². The fourth-order valence-electron chi connectivity index (χ4n) is 2.98. The number of halogens is 3. The molecule has 0 saturated carbocycles. The van der Waals surface area contributed by atoms with Crippen molar-refractivity contribution >= 4 is 35.2 Å². The predicted molar refractivity (Wildman–Crippen MR) is 137 cm³/mol. The van der Waals surface area contributed by atoms with Crippen molar-refractivity contribution in [1.82, 2.24) is 30.2 Å². The van der Waals surface area contributed by atoms with Crippen molar-refractivity contribution < 1.29 is 17.9 Å². The Bertz CT molecular complexity index is 1370. The zero-order valence-corrected chi connectivity index (χ0v) is 20.3. The van der Waals surface area contributed by atoms with Gasteiger partial charge < -0.3 is 15.0 Å². The molecule has 0 unspecified atom stereocenters. The maximum atomic E-state index is 12.3. The summed E-state index contributed by atoms with van der Waals surface area (Å²) < 4.78 is 42.3. The van der Waals surface area contributed by atoms with Gasteiger partial charge in [-0.15, -0.1) is 18.3 Å². The number of ether oxygens (including phenoxy) is 1. The molecule has 0 aliphatic rings. The van der Waals surface area contributed by atoms with Gasteiger partial charge in [0.2, 0.25) is 5.95 Å². The summed E-state index contributed by atoms with van der Waals surface area (Å²) in [5, 5.41) is 11.7. The molecule has 0 bridgehead atoms. The molecule has 0 fully saturated rings. The first-order valence-corrected chi connectivity index (χ1v) is 11.0. The third kappa shape index (κ3) is 7.20. The normalized spacial score (nSPS) is 11.4. The van der Waals surface area contributed by atoms with E-state index in [2.05, 4.69) is 40.6 Å². The Balaban J connectivity index is 1.32. The number of thiocarbonyl (C=S) groups is 1. The van der Waals surface area contributed by atoms with E-state index >= 15 is 0 Å². The van der Waals surface area contributed by atoms with Gasteiger partial charge in [0.15, 0.2) is 10.9 Å². The number of alkyl halides is 3. The van der Waals surface area contributed by atoms with Crippen molar-refractivity contribution in [2.24, 2.45) is 5.10 Å². The topological polar surface area (TPSA) is 105 Å². The highest BCUT2D eigenvalue weighted by molar-refractivity contribution is 7.80. The molecule has 4 rings (SSSR count). The summed E-state index contributed by atoms with van der Waals surface area (Å²) in [6.07, 6.45) is 1.56. The van der Waals surface area contributed by atoms with Gasteiger partial charge in [-0.05, 0) is 42.0 Å². The molecule has 37 heavy (non-hydrogen) atoms. The number of anilines is 2. The van der Waals surface area contributed by atoms with E-state index in [1.165, 1.54) is 35.3 Å². The van der Waals surface area contributed by atoms with Crippen LogP contribution >= 0.6 is 12.2 Å². The number of hydrazone groups is 1. The van der Waals surface area contributed by atoms with Gasteiger partial charge in [-0.2, -0.15) is 5.10 Å². The monoisotopic (exact) mass is 527 g/mol. The SMILES string of the molecule is CN(C)c1ncc(NC(=S)N/N=C/c2ccc(-c3ncn(-c4ccc(OC(F)(F)F)cc4)n3)cc2)cn1. The van der Waals surface area contributed by atoms with Crippen molar-refractivity contribution in [2.75, 3.05) is 24.3 Å². The Morgan fingerprint density at radius 1 is 1.03 bits per heavy atom. The van der Waals surface area contributed by atoms with Gasteiger partial charge in [0.1, 0.15) is 12.1 Å². The summed E-state index contributed by atoms with van der Waals surface area (Å²) >= 11 is 5.22. The molecular weight excluding hydrogens is 507 g/mol. The fourth-order valence-corrected chi connectivity index (χ4v) is 3.15. The molecule has 0 aliphatic heterocycles. The smallest absolute Gasteiger partial charge is 0.406 e. The van der Waals surface area contributed by atoms with Crippen LogP contribution in [0.15, 0.2) is 72.4 Å². The van der Waals surface area contributed by atoms with Gasteiger partial charge in [0.05, 0.1) is 30.0 Å². The second kappa shape index (κ2) is 11.0. The lowest BCUT2D eigenvalue weighted by Gasteiger charge is -2.10. The van der Waals surface area contributed by atoms with Crippen molar-refractivity contribution in [3.05, 3.63) is 72.8 Å². The molecule has 0 saturated heterocycles. The van der Waals surface area contributed by atoms with Crippen LogP contribution < -0.4 is 20.4 Å². The first kappa shape index (κ1) is 25.5. The maximum Gasteiger partial charge on any atom is 0.573 e. The molecule has 0 atom stereocenters. The van der Waals surface area contributed by atoms with Crippen molar-refractivity contribution in [3.8, 4) is 22.8 Å². The van der Waals surface area contributed by atoms with Crippen LogP contribution in [0.1, 0.15) is 5.56 Å². The highest BCUT2D eigenvalue weighted by Gasteiger charge is 2.31. The lowest BCUT2D eigenvalue weighted by atomic mass is 10.1. The zero-order valence-electron chi connectivity index (χ0n) is 19.5. The summed E-state index contributed by atoms with van der Waals surface area (Å²) in [5.74, 6) is 0.721. The highest BCUT2D eigenvalue weighted by atomic mass is 32.1. The van der Waals surface area contributed by atoms with Crippen LogP contribution in [0, 0.1) is 0 Å². The number of rotatable bonds is 7. The van der Waals surface area contributed by atoms with E-state index in [9.17, 15) is 13.2 Å². The van der Waals surface area contributed by atoms with Crippen LogP contribution in [0.5, 0.6) is 5.75 Å². The standard InChI is InChI=1S/C23H20F3N9OS/c1-34(2)21-27-12-17(13-28-21)31-22(37)32-30-11-15-3-5-16(6-4-15)20-29-14-35(33-20)18-7-9-19(10-8-18)36-23(24,25)26/h3-14H,1-2H3,(H2,31,32,37)/b30-11+. The van der Waals surface area contributed by atoms with Crippen LogP contribution in [-0.4, -0.2) is 56.5 Å². The Hall–Kier alpha value is -4.59. The van der Waals surface area contributed by atoms with E-state index in [1.54, 1.807) is 23.5 Å². The molecule has 0 amide bonds. The molecular formula is C23H20F3N9OS. The van der Waals surface area contributed by atoms with Gasteiger partial charge in [-0.25, -0.2) is 19.6 Å². The van der Waals surface area contributed by atoms with Crippen LogP contribution in [0.25, 0.3) is 17.1 Å². The molecule has 2 N–H and O–H groups in total. The molecule has 0 radical (unpaired) electrons. The molecule has 2 aromatic carbocycles. The maximum absolute atomic E-state index is 12.3. The van der Waals surface area contributed by atoms with Gasteiger partial charge in [-0.1, -0.05) is 24.3 Å². The summed E-state index contributed by atoms with van der Waals surface area (Å²) in [6, 6.07) is 12.6. The third-order valence-corrected chi connectivity index (χ3v) is 4.86. The Morgan fingerprint density at radius 3 is 2.32 bits per heavy atom. The number of hydrogen-bond acceptors (Lipinski definition) is 8. The Morgan fingerprint density at radius 2 is 1.70 bits per heavy atom. The second-order valence-electron chi connectivity index (χ2n) is 7.67. The molecule has 4 aromatic rings. The molecule has 14 heteroatoms. The second-order valence-corrected chi connectivity index (χ2v) is 8.07. The average Bonchev–Trinajstić information content (AvgIpc) is 3.35. The van der Waals surface area contributed by atoms with Crippen molar-refractivity contribution in [3.63, 3.8) is 0 Å². The average molecular weight is 528 g/mol. The number of benzene rings is 2. The van der Waals surface area contributed by atoms with Crippen LogP contribution in [0.2, 0.25) is 0 Å². The number of aromatic nitrogens is 5. The van der Waals surface area contributed by atoms with E-state index in [0.29, 0.717) is 23.1 Å². The van der Waals surface area contributed by atoms with E-state index in [0.717, 1.165) is 11.1 Å². The lowest BCUT2D eigenvalue weighted by molar-refractivity contribution is -0.274. The summed E-state index contributed by atoms with van der Waals surface area (Å²) in [4.78, 5) is 14.5. The largest absolute Gasteiger partial charge is 0.573 e. The van der Waals surface area contributed by atoms with Gasteiger partial charge in [0.25, 0.3) is 0 Å². The predicted octanol–water partition coefficient (Wildman–Crippen LogP) is 4.01. The molecule has 0 spiro atoms. The number of hydrogen-bond donors (Lipinski definition) is 2. The summed E-state index contributed by atoms with van der Waals surface area (Å²) in [6.45, 7) is 0. The molecule has 10 nitrogen and oxygen atoms in total. The molecule has 2 heterocycles. The highest BCUT2D eigenvalue weighted by Crippen LogP contribution is 2.24. The fraction of sp³-hybridized carbons (Fsp3) is 0.130. The summed E-state index contributed by atoms with van der Waals surface area (Å²) in [5.41, 5.74) is 5.44. The zero-order chi connectivity index (χ0) is 26.4.